The van der Waals surface area contributed by atoms with Crippen LogP contribution < -0.4 is 16.0 Å². The number of hydrogen-bond acceptors (Lipinski definition) is 4. The molecular formula is C16H19FN2O3. The summed E-state index contributed by atoms with van der Waals surface area (Å²) < 4.78 is 21.0. The number of Topliss-reactive ketones (excluding diaryl/α,β-unsaturated/α-hetero) is 1. The van der Waals surface area contributed by atoms with E-state index >= 15 is 0 Å². The first-order chi connectivity index (χ1) is 10.4. The number of benzene rings is 1. The number of rotatable bonds is 5. The van der Waals surface area contributed by atoms with Gasteiger partial charge in [0.1, 0.15) is 6.61 Å². The quantitative estimate of drug-likeness (QED) is 0.862. The Hall–Kier alpha value is -2.37. The van der Waals surface area contributed by atoms with Gasteiger partial charge in [-0.05, 0) is 32.0 Å². The Morgan fingerprint density at radius 2 is 2.09 bits per heavy atom. The highest BCUT2D eigenvalue weighted by Crippen LogP contribution is 2.26. The van der Waals surface area contributed by atoms with Gasteiger partial charge in [0.05, 0.1) is 11.2 Å². The zero-order valence-electron chi connectivity index (χ0n) is 12.9. The highest BCUT2D eigenvalue weighted by atomic mass is 19.1. The number of halogens is 1. The molecule has 2 aromatic rings. The fraction of sp³-hybridized carbons (Fsp3) is 0.375. The van der Waals surface area contributed by atoms with Crippen LogP contribution in [0, 0.1) is 5.82 Å². The predicted octanol–water partition coefficient (Wildman–Crippen LogP) is 2.66. The molecule has 0 fully saturated rings. The predicted molar refractivity (Wildman–Crippen MR) is 83.8 cm³/mol. The number of anilines is 1. The number of pyridine rings is 1. The Bertz CT molecular complexity index is 781. The maximum absolute atomic E-state index is 14.3. The average Bonchev–Trinajstić information content (AvgIpc) is 2.48. The van der Waals surface area contributed by atoms with Crippen LogP contribution in [-0.4, -0.2) is 17.0 Å². The standard InChI is InChI=1S/C16H19FN2O3/c1-4-10(20)8-22-14-7-11-13(6-5-12(18)15(11)17)19(9(2)3)16(14)21/h5-7,9H,4,8,18H2,1-3H3. The molecule has 1 aromatic carbocycles. The Morgan fingerprint density at radius 1 is 1.41 bits per heavy atom. The summed E-state index contributed by atoms with van der Waals surface area (Å²) in [5, 5.41) is 0.201. The zero-order valence-corrected chi connectivity index (χ0v) is 12.9. The molecule has 0 aliphatic carbocycles. The summed E-state index contributed by atoms with van der Waals surface area (Å²) in [4.78, 5) is 23.9. The number of aromatic nitrogens is 1. The van der Waals surface area contributed by atoms with Crippen LogP contribution in [0.4, 0.5) is 10.1 Å². The van der Waals surface area contributed by atoms with Crippen LogP contribution in [0.25, 0.3) is 10.9 Å². The molecule has 5 nitrogen and oxygen atoms in total. The largest absolute Gasteiger partial charge is 0.480 e. The number of nitrogen functional groups attached to an aromatic ring is 1. The molecule has 0 aliphatic rings. The lowest BCUT2D eigenvalue weighted by Crippen LogP contribution is -2.25. The van der Waals surface area contributed by atoms with E-state index in [0.717, 1.165) is 0 Å². The van der Waals surface area contributed by atoms with Crippen molar-refractivity contribution in [2.75, 3.05) is 12.3 Å². The third kappa shape index (κ3) is 2.81. The molecular weight excluding hydrogens is 287 g/mol. The van der Waals surface area contributed by atoms with Crippen molar-refractivity contribution in [1.29, 1.82) is 0 Å². The molecule has 22 heavy (non-hydrogen) atoms. The van der Waals surface area contributed by atoms with Crippen molar-refractivity contribution < 1.29 is 13.9 Å². The fourth-order valence-electron chi connectivity index (χ4n) is 2.24. The smallest absolute Gasteiger partial charge is 0.293 e. The summed E-state index contributed by atoms with van der Waals surface area (Å²) in [5.74, 6) is -0.783. The van der Waals surface area contributed by atoms with E-state index in [1.165, 1.54) is 16.7 Å². The minimum Gasteiger partial charge on any atom is -0.480 e. The highest BCUT2D eigenvalue weighted by Gasteiger charge is 2.17. The number of carbonyl (C=O) groups is 1. The molecule has 0 amide bonds. The van der Waals surface area contributed by atoms with Gasteiger partial charge >= 0.3 is 0 Å². The highest BCUT2D eigenvalue weighted by molar-refractivity contribution is 5.85. The van der Waals surface area contributed by atoms with Gasteiger partial charge in [-0.25, -0.2) is 4.39 Å². The summed E-state index contributed by atoms with van der Waals surface area (Å²) in [6.07, 6.45) is 0.313. The lowest BCUT2D eigenvalue weighted by atomic mass is 10.1. The number of nitrogens with two attached hydrogens (primary N) is 1. The van der Waals surface area contributed by atoms with Crippen LogP contribution in [0.15, 0.2) is 23.0 Å². The lowest BCUT2D eigenvalue weighted by Gasteiger charge is -2.17. The number of nitrogens with zero attached hydrogens (tertiary/aromatic N) is 1. The van der Waals surface area contributed by atoms with E-state index in [4.69, 9.17) is 10.5 Å². The number of fused-ring (bicyclic) bond motifs is 1. The van der Waals surface area contributed by atoms with Crippen molar-refractivity contribution in [2.45, 2.75) is 33.2 Å². The van der Waals surface area contributed by atoms with Gasteiger partial charge in [-0.2, -0.15) is 0 Å². The molecule has 0 unspecified atom stereocenters. The molecule has 6 heteroatoms. The first kappa shape index (κ1) is 16.0. The first-order valence-corrected chi connectivity index (χ1v) is 7.14. The topological polar surface area (TPSA) is 74.3 Å². The van der Waals surface area contributed by atoms with E-state index in [-0.39, 0.29) is 35.3 Å². The zero-order chi connectivity index (χ0) is 16.4. The van der Waals surface area contributed by atoms with Crippen LogP contribution in [0.5, 0.6) is 5.75 Å². The van der Waals surface area contributed by atoms with Gasteiger partial charge in [-0.15, -0.1) is 0 Å². The summed E-state index contributed by atoms with van der Waals surface area (Å²) in [7, 11) is 0. The van der Waals surface area contributed by atoms with Gasteiger partial charge in [-0.1, -0.05) is 6.92 Å². The van der Waals surface area contributed by atoms with Crippen LogP contribution in [0.3, 0.4) is 0 Å². The van der Waals surface area contributed by atoms with E-state index in [0.29, 0.717) is 11.9 Å². The second-order valence-corrected chi connectivity index (χ2v) is 5.36. The monoisotopic (exact) mass is 306 g/mol. The minimum absolute atomic E-state index is 0.00274. The van der Waals surface area contributed by atoms with Crippen molar-refractivity contribution in [2.24, 2.45) is 0 Å². The Kier molecular flexibility index (Phi) is 4.49. The third-order valence-corrected chi connectivity index (χ3v) is 3.45. The van der Waals surface area contributed by atoms with E-state index < -0.39 is 11.4 Å². The van der Waals surface area contributed by atoms with Gasteiger partial charge in [-0.3, -0.25) is 9.59 Å². The maximum atomic E-state index is 14.3. The van der Waals surface area contributed by atoms with Gasteiger partial charge in [0, 0.05) is 17.8 Å². The Morgan fingerprint density at radius 3 is 2.68 bits per heavy atom. The lowest BCUT2D eigenvalue weighted by molar-refractivity contribution is -0.120. The second-order valence-electron chi connectivity index (χ2n) is 5.36. The summed E-state index contributed by atoms with van der Waals surface area (Å²) in [6.45, 7) is 5.13. The molecule has 1 aromatic heterocycles. The number of hydrogen-bond donors (Lipinski definition) is 1. The molecule has 118 valence electrons. The maximum Gasteiger partial charge on any atom is 0.293 e. The molecule has 2 N–H and O–H groups in total. The second kappa shape index (κ2) is 6.17. The van der Waals surface area contributed by atoms with E-state index in [2.05, 4.69) is 0 Å². The molecule has 0 radical (unpaired) electrons. The van der Waals surface area contributed by atoms with Crippen LogP contribution in [0.1, 0.15) is 33.2 Å². The van der Waals surface area contributed by atoms with Crippen LogP contribution in [0.2, 0.25) is 0 Å². The fourth-order valence-corrected chi connectivity index (χ4v) is 2.24. The summed E-state index contributed by atoms with van der Waals surface area (Å²) in [6, 6.07) is 4.15. The van der Waals surface area contributed by atoms with Crippen molar-refractivity contribution in [1.82, 2.24) is 4.57 Å². The molecule has 2 rings (SSSR count). The SMILES string of the molecule is CCC(=O)COc1cc2c(F)c(N)ccc2n(C(C)C)c1=O. The summed E-state index contributed by atoms with van der Waals surface area (Å²) >= 11 is 0. The van der Waals surface area contributed by atoms with Crippen molar-refractivity contribution in [3.05, 3.63) is 34.4 Å². The number of ether oxygens (including phenoxy) is 1. The van der Waals surface area contributed by atoms with Crippen molar-refractivity contribution in [3.8, 4) is 5.75 Å². The third-order valence-electron chi connectivity index (χ3n) is 3.45. The Balaban J connectivity index is 2.67. The number of carbonyl (C=O) groups excluding carboxylic acids is 1. The van der Waals surface area contributed by atoms with E-state index in [1.54, 1.807) is 13.0 Å². The van der Waals surface area contributed by atoms with Gasteiger partial charge < -0.3 is 15.0 Å². The van der Waals surface area contributed by atoms with Crippen LogP contribution >= 0.6 is 0 Å². The molecule has 0 aliphatic heterocycles. The van der Waals surface area contributed by atoms with Gasteiger partial charge in [0.2, 0.25) is 0 Å². The van der Waals surface area contributed by atoms with E-state index in [9.17, 15) is 14.0 Å². The summed E-state index contributed by atoms with van der Waals surface area (Å²) in [5.41, 5.74) is 5.64. The van der Waals surface area contributed by atoms with Crippen molar-refractivity contribution in [3.63, 3.8) is 0 Å². The Labute approximate surface area is 127 Å². The number of ketones is 1. The first-order valence-electron chi connectivity index (χ1n) is 7.14. The molecule has 0 bridgehead atoms. The molecule has 0 spiro atoms. The molecule has 0 saturated carbocycles. The van der Waals surface area contributed by atoms with Gasteiger partial charge in [0.15, 0.2) is 17.3 Å². The van der Waals surface area contributed by atoms with Crippen LogP contribution in [-0.2, 0) is 4.79 Å². The molecule has 0 saturated heterocycles. The average molecular weight is 306 g/mol. The van der Waals surface area contributed by atoms with Gasteiger partial charge in [0.25, 0.3) is 5.56 Å². The van der Waals surface area contributed by atoms with Crippen molar-refractivity contribution >= 4 is 22.4 Å². The molecule has 0 atom stereocenters. The molecule has 1 heterocycles. The van der Waals surface area contributed by atoms with E-state index in [1.807, 2.05) is 13.8 Å². The minimum atomic E-state index is -0.599. The normalized spacial score (nSPS) is 11.1.